The highest BCUT2D eigenvalue weighted by molar-refractivity contribution is 5.84. The largest absolute Gasteiger partial charge is 0.480 e. The van der Waals surface area contributed by atoms with Gasteiger partial charge in [-0.05, 0) is 27.8 Å². The summed E-state index contributed by atoms with van der Waals surface area (Å²) < 4.78 is 14.9. The van der Waals surface area contributed by atoms with Crippen molar-refractivity contribution < 1.29 is 19.4 Å². The van der Waals surface area contributed by atoms with Crippen LogP contribution in [-0.2, 0) is 10.3 Å². The van der Waals surface area contributed by atoms with Crippen LogP contribution in [0, 0.1) is 0 Å². The lowest BCUT2D eigenvalue weighted by molar-refractivity contribution is -0.145. The fraction of sp³-hybridized carbons (Fsp3) is 0.208. The summed E-state index contributed by atoms with van der Waals surface area (Å²) in [6.45, 7) is -0.0737. The number of nitrogens with zero attached hydrogens (tertiary/aromatic N) is 1. The van der Waals surface area contributed by atoms with Gasteiger partial charge in [0.25, 0.3) is 0 Å². The number of benzene rings is 3. The van der Waals surface area contributed by atoms with Crippen LogP contribution in [0.15, 0.2) is 78.9 Å². The van der Waals surface area contributed by atoms with Gasteiger partial charge < -0.3 is 10.2 Å². The predicted octanol–water partition coefficient (Wildman–Crippen LogP) is 3.43. The van der Waals surface area contributed by atoms with Crippen molar-refractivity contribution in [1.29, 1.82) is 0 Å². The van der Waals surface area contributed by atoms with E-state index in [2.05, 4.69) is 0 Å². The molecule has 1 saturated heterocycles. The van der Waals surface area contributed by atoms with Gasteiger partial charge in [-0.25, -0.2) is 4.39 Å². The second-order valence-electron chi connectivity index (χ2n) is 7.61. The third kappa shape index (κ3) is 2.35. The lowest BCUT2D eigenvalue weighted by Gasteiger charge is -2.43. The van der Waals surface area contributed by atoms with E-state index in [0.717, 1.165) is 27.8 Å². The molecule has 3 aromatic rings. The van der Waals surface area contributed by atoms with Gasteiger partial charge >= 0.3 is 5.97 Å². The second kappa shape index (κ2) is 6.51. The number of alkyl halides is 1. The number of halogens is 1. The second-order valence-corrected chi connectivity index (χ2v) is 7.61. The molecule has 1 aliphatic carbocycles. The Kier molecular flexibility index (Phi) is 4.05. The molecule has 0 unspecified atom stereocenters. The van der Waals surface area contributed by atoms with Gasteiger partial charge in [-0.15, -0.1) is 0 Å². The lowest BCUT2D eigenvalue weighted by atomic mass is 9.78. The number of hydrogen-bond acceptors (Lipinski definition) is 3. The average Bonchev–Trinajstić information content (AvgIpc) is 3.21. The van der Waals surface area contributed by atoms with Crippen LogP contribution in [-0.4, -0.2) is 45.9 Å². The van der Waals surface area contributed by atoms with E-state index < -0.39 is 29.8 Å². The van der Waals surface area contributed by atoms with Crippen molar-refractivity contribution in [1.82, 2.24) is 4.90 Å². The summed E-state index contributed by atoms with van der Waals surface area (Å²) in [6, 6.07) is 23.8. The van der Waals surface area contributed by atoms with E-state index in [9.17, 15) is 19.4 Å². The zero-order chi connectivity index (χ0) is 20.2. The Morgan fingerprint density at radius 1 is 0.897 bits per heavy atom. The Morgan fingerprint density at radius 3 is 1.97 bits per heavy atom. The van der Waals surface area contributed by atoms with Crippen LogP contribution in [0.4, 0.5) is 4.39 Å². The summed E-state index contributed by atoms with van der Waals surface area (Å²) in [6.07, 6.45) is -3.23. The van der Waals surface area contributed by atoms with Crippen molar-refractivity contribution in [3.8, 4) is 11.1 Å². The van der Waals surface area contributed by atoms with Crippen LogP contribution < -0.4 is 0 Å². The summed E-state index contributed by atoms with van der Waals surface area (Å²) in [4.78, 5) is 13.8. The van der Waals surface area contributed by atoms with Crippen molar-refractivity contribution >= 4 is 5.97 Å². The Morgan fingerprint density at radius 2 is 1.41 bits per heavy atom. The summed E-state index contributed by atoms with van der Waals surface area (Å²) in [7, 11) is 0. The summed E-state index contributed by atoms with van der Waals surface area (Å²) >= 11 is 0. The van der Waals surface area contributed by atoms with Gasteiger partial charge in [0.2, 0.25) is 0 Å². The van der Waals surface area contributed by atoms with Crippen molar-refractivity contribution in [3.63, 3.8) is 0 Å². The van der Waals surface area contributed by atoms with Gasteiger partial charge in [0.05, 0.1) is 5.54 Å². The predicted molar refractivity (Wildman–Crippen MR) is 107 cm³/mol. The molecule has 1 fully saturated rings. The maximum Gasteiger partial charge on any atom is 0.324 e. The molecule has 2 aliphatic rings. The van der Waals surface area contributed by atoms with Gasteiger partial charge in [0, 0.05) is 6.54 Å². The molecule has 5 rings (SSSR count). The number of aliphatic hydroxyl groups is 1. The zero-order valence-electron chi connectivity index (χ0n) is 15.6. The number of carboxylic acids is 1. The smallest absolute Gasteiger partial charge is 0.324 e. The van der Waals surface area contributed by atoms with Crippen LogP contribution in [0.5, 0.6) is 0 Å². The van der Waals surface area contributed by atoms with Crippen LogP contribution in [0.25, 0.3) is 11.1 Å². The molecule has 1 heterocycles. The third-order valence-corrected chi connectivity index (χ3v) is 6.19. The van der Waals surface area contributed by atoms with E-state index in [-0.39, 0.29) is 6.54 Å². The Bertz CT molecular complexity index is 1040. The van der Waals surface area contributed by atoms with E-state index in [1.54, 1.807) is 4.90 Å². The fourth-order valence-electron chi connectivity index (χ4n) is 5.09. The first kappa shape index (κ1) is 18.0. The molecule has 0 saturated carbocycles. The number of aliphatic carboxylic acids is 1. The molecule has 5 heteroatoms. The minimum Gasteiger partial charge on any atom is -0.480 e. The first-order valence-electron chi connectivity index (χ1n) is 9.63. The highest BCUT2D eigenvalue weighted by atomic mass is 19.1. The van der Waals surface area contributed by atoms with Crippen LogP contribution in [0.1, 0.15) is 16.7 Å². The van der Waals surface area contributed by atoms with Crippen molar-refractivity contribution in [2.75, 3.05) is 6.54 Å². The van der Waals surface area contributed by atoms with Crippen molar-refractivity contribution in [2.45, 2.75) is 23.9 Å². The molecule has 0 spiro atoms. The topological polar surface area (TPSA) is 60.8 Å². The molecule has 29 heavy (non-hydrogen) atoms. The number of β-amino-alcohol motifs (C(OH)–C–C–N with tert-alkyl or cyclic N) is 1. The molecule has 2 N–H and O–H groups in total. The van der Waals surface area contributed by atoms with Crippen LogP contribution >= 0.6 is 0 Å². The van der Waals surface area contributed by atoms with E-state index >= 15 is 0 Å². The van der Waals surface area contributed by atoms with Gasteiger partial charge in [0.1, 0.15) is 12.1 Å². The van der Waals surface area contributed by atoms with Gasteiger partial charge in [-0.2, -0.15) is 0 Å². The van der Waals surface area contributed by atoms with Crippen molar-refractivity contribution in [3.05, 3.63) is 95.6 Å². The quantitative estimate of drug-likeness (QED) is 0.721. The lowest BCUT2D eigenvalue weighted by Crippen LogP contribution is -2.53. The maximum absolute atomic E-state index is 14.9. The van der Waals surface area contributed by atoms with Crippen molar-refractivity contribution in [2.24, 2.45) is 0 Å². The number of fused-ring (bicyclic) bond motifs is 3. The van der Waals surface area contributed by atoms with Gasteiger partial charge in [-0.1, -0.05) is 78.9 Å². The fourth-order valence-corrected chi connectivity index (χ4v) is 5.09. The number of aliphatic hydroxyl groups excluding tert-OH is 1. The molecule has 146 valence electrons. The number of likely N-dealkylation sites (tertiary alicyclic amines) is 1. The normalized spacial score (nSPS) is 24.8. The van der Waals surface area contributed by atoms with E-state index in [1.165, 1.54) is 0 Å². The molecular formula is C24H20FNO3. The summed E-state index contributed by atoms with van der Waals surface area (Å²) in [5.41, 5.74) is 3.64. The highest BCUT2D eigenvalue weighted by Crippen LogP contribution is 2.56. The highest BCUT2D eigenvalue weighted by Gasteiger charge is 2.58. The minimum atomic E-state index is -1.87. The van der Waals surface area contributed by atoms with Gasteiger partial charge in [0.15, 0.2) is 6.17 Å². The average molecular weight is 389 g/mol. The zero-order valence-corrected chi connectivity index (χ0v) is 15.6. The minimum absolute atomic E-state index is 0.0737. The van der Waals surface area contributed by atoms with E-state index in [4.69, 9.17) is 0 Å². The maximum atomic E-state index is 14.9. The first-order chi connectivity index (χ1) is 14.1. The number of carboxylic acid groups (broad SMARTS) is 1. The summed E-state index contributed by atoms with van der Waals surface area (Å²) in [5.74, 6) is -1.27. The molecule has 0 aromatic heterocycles. The molecule has 3 atom stereocenters. The molecule has 4 nitrogen and oxygen atoms in total. The van der Waals surface area contributed by atoms with Crippen LogP contribution in [0.3, 0.4) is 0 Å². The standard InChI is InChI=1S/C24H20FNO3/c25-21-20(27)14-26(22(21)23(28)29)24(15-8-2-1-3-9-15)18-12-6-4-10-16(18)17-11-5-7-13-19(17)24/h1-13,20-22,27H,14H2,(H,28,29)/t20-,21-,22+/m0/s1. The molecule has 1 aliphatic heterocycles. The summed E-state index contributed by atoms with van der Waals surface area (Å²) in [5, 5.41) is 20.2. The third-order valence-electron chi connectivity index (χ3n) is 6.19. The number of carbonyl (C=O) groups is 1. The first-order valence-corrected chi connectivity index (χ1v) is 9.63. The number of hydrogen-bond donors (Lipinski definition) is 2. The molecule has 0 amide bonds. The Balaban J connectivity index is 1.89. The monoisotopic (exact) mass is 389 g/mol. The SMILES string of the molecule is O=C(O)[C@H]1[C@@H](F)[C@@H](O)CN1C1(c2ccccc2)c2ccccc2-c2ccccc21. The molecule has 3 aromatic carbocycles. The molecule has 0 bridgehead atoms. The van der Waals surface area contributed by atoms with E-state index in [0.29, 0.717) is 0 Å². The Hall–Kier alpha value is -3.02. The molecule has 0 radical (unpaired) electrons. The van der Waals surface area contributed by atoms with Crippen LogP contribution in [0.2, 0.25) is 0 Å². The van der Waals surface area contributed by atoms with Gasteiger partial charge in [-0.3, -0.25) is 9.69 Å². The number of rotatable bonds is 3. The van der Waals surface area contributed by atoms with E-state index in [1.807, 2.05) is 78.9 Å². The Labute approximate surface area is 167 Å². The molecular weight excluding hydrogens is 369 g/mol.